The van der Waals surface area contributed by atoms with E-state index >= 15 is 0 Å². The monoisotopic (exact) mass is 347 g/mol. The fourth-order valence-corrected chi connectivity index (χ4v) is 3.75. The molecule has 7 nitrogen and oxygen atoms in total. The van der Waals surface area contributed by atoms with Crippen LogP contribution in [0.2, 0.25) is 5.02 Å². The number of halogens is 1. The van der Waals surface area contributed by atoms with Gasteiger partial charge in [0.15, 0.2) is 5.65 Å². The molecule has 9 heteroatoms. The van der Waals surface area contributed by atoms with Crippen LogP contribution in [0.1, 0.15) is 0 Å². The van der Waals surface area contributed by atoms with Crippen molar-refractivity contribution in [3.63, 3.8) is 0 Å². The zero-order valence-electron chi connectivity index (χ0n) is 11.6. The number of rotatable bonds is 3. The lowest BCUT2D eigenvalue weighted by molar-refractivity contribution is 0.602. The Morgan fingerprint density at radius 2 is 2.13 bits per heavy atom. The number of fused-ring (bicyclic) bond motifs is 2. The molecule has 1 aromatic carbocycles. The molecular weight excluding hydrogens is 338 g/mol. The molecule has 0 aliphatic heterocycles. The molecule has 0 atom stereocenters. The van der Waals surface area contributed by atoms with Gasteiger partial charge in [-0.25, -0.2) is 17.9 Å². The summed E-state index contributed by atoms with van der Waals surface area (Å²) in [5.74, 6) is 0. The van der Waals surface area contributed by atoms with Crippen LogP contribution in [0, 0.1) is 0 Å². The van der Waals surface area contributed by atoms with E-state index in [-0.39, 0.29) is 4.90 Å². The number of anilines is 1. The third-order valence-electron chi connectivity index (χ3n) is 3.39. The Kier molecular flexibility index (Phi) is 3.03. The van der Waals surface area contributed by atoms with Gasteiger partial charge in [-0.1, -0.05) is 11.6 Å². The van der Waals surface area contributed by atoms with Crippen molar-refractivity contribution in [3.05, 3.63) is 54.1 Å². The highest BCUT2D eigenvalue weighted by Gasteiger charge is 2.19. The fourth-order valence-electron chi connectivity index (χ4n) is 2.37. The van der Waals surface area contributed by atoms with E-state index in [2.05, 4.69) is 19.8 Å². The van der Waals surface area contributed by atoms with Crippen molar-refractivity contribution >= 4 is 43.9 Å². The lowest BCUT2D eigenvalue weighted by Gasteiger charge is -2.07. The van der Waals surface area contributed by atoms with Gasteiger partial charge in [0.25, 0.3) is 10.0 Å². The van der Waals surface area contributed by atoms with Crippen molar-refractivity contribution in [1.82, 2.24) is 19.6 Å². The Hall–Kier alpha value is -2.58. The standard InChI is InChI=1S/C14H10ClN5O2S/c15-9-1-2-11-12(5-9)16-7-13(11)23(21,22)19-10-6-17-14-3-4-18-20(14)8-10/h1-8,16,19H. The number of hydrogen-bond donors (Lipinski definition) is 2. The highest BCUT2D eigenvalue weighted by atomic mass is 35.5. The van der Waals surface area contributed by atoms with E-state index in [1.165, 1.54) is 16.9 Å². The van der Waals surface area contributed by atoms with Crippen molar-refractivity contribution < 1.29 is 8.42 Å². The van der Waals surface area contributed by atoms with Crippen molar-refractivity contribution in [1.29, 1.82) is 0 Å². The summed E-state index contributed by atoms with van der Waals surface area (Å²) >= 11 is 5.91. The van der Waals surface area contributed by atoms with Gasteiger partial charge in [0.1, 0.15) is 4.90 Å². The second-order valence-corrected chi connectivity index (χ2v) is 7.01. The van der Waals surface area contributed by atoms with Crippen LogP contribution in [0.3, 0.4) is 0 Å². The summed E-state index contributed by atoms with van der Waals surface area (Å²) in [4.78, 5) is 7.18. The molecule has 3 heterocycles. The minimum atomic E-state index is -3.77. The fraction of sp³-hybridized carbons (Fsp3) is 0. The highest BCUT2D eigenvalue weighted by molar-refractivity contribution is 7.93. The molecule has 0 radical (unpaired) electrons. The van der Waals surface area contributed by atoms with Crippen LogP contribution in [0.4, 0.5) is 5.69 Å². The van der Waals surface area contributed by atoms with Gasteiger partial charge in [-0.3, -0.25) is 4.72 Å². The molecule has 0 aliphatic carbocycles. The maximum Gasteiger partial charge on any atom is 0.264 e. The smallest absolute Gasteiger partial charge is 0.264 e. The number of benzene rings is 1. The second-order valence-electron chi connectivity index (χ2n) is 4.92. The number of nitrogens with zero attached hydrogens (tertiary/aromatic N) is 3. The lowest BCUT2D eigenvalue weighted by Crippen LogP contribution is -2.13. The van der Waals surface area contributed by atoms with E-state index in [1.54, 1.807) is 36.7 Å². The first-order chi connectivity index (χ1) is 11.0. The normalized spacial score (nSPS) is 12.0. The number of sulfonamides is 1. The molecule has 0 spiro atoms. The number of aromatic amines is 1. The van der Waals surface area contributed by atoms with Gasteiger partial charge in [0.05, 0.1) is 24.3 Å². The van der Waals surface area contributed by atoms with Crippen LogP contribution in [0.15, 0.2) is 53.9 Å². The molecule has 0 fully saturated rings. The molecule has 23 heavy (non-hydrogen) atoms. The first-order valence-electron chi connectivity index (χ1n) is 6.62. The summed E-state index contributed by atoms with van der Waals surface area (Å²) in [5.41, 5.74) is 1.61. The second kappa shape index (κ2) is 4.97. The van der Waals surface area contributed by atoms with E-state index in [0.29, 0.717) is 27.3 Å². The molecule has 2 N–H and O–H groups in total. The summed E-state index contributed by atoms with van der Waals surface area (Å²) in [5, 5.41) is 5.13. The maximum atomic E-state index is 12.6. The van der Waals surface area contributed by atoms with Crippen molar-refractivity contribution in [2.24, 2.45) is 0 Å². The third-order valence-corrected chi connectivity index (χ3v) is 5.05. The molecule has 0 unspecified atom stereocenters. The van der Waals surface area contributed by atoms with Crippen molar-refractivity contribution in [2.75, 3.05) is 4.72 Å². The van der Waals surface area contributed by atoms with Crippen LogP contribution >= 0.6 is 11.6 Å². The summed E-state index contributed by atoms with van der Waals surface area (Å²) in [7, 11) is -3.77. The van der Waals surface area contributed by atoms with Gasteiger partial charge in [-0.2, -0.15) is 5.10 Å². The van der Waals surface area contributed by atoms with Gasteiger partial charge < -0.3 is 4.98 Å². The van der Waals surface area contributed by atoms with Gasteiger partial charge in [0.2, 0.25) is 0 Å². The largest absolute Gasteiger partial charge is 0.360 e. The van der Waals surface area contributed by atoms with E-state index in [1.807, 2.05) is 0 Å². The maximum absolute atomic E-state index is 12.6. The molecule has 4 rings (SSSR count). The van der Waals surface area contributed by atoms with Gasteiger partial charge >= 0.3 is 0 Å². The van der Waals surface area contributed by atoms with Gasteiger partial charge in [-0.05, 0) is 18.2 Å². The average Bonchev–Trinajstić information content (AvgIpc) is 3.12. The minimum absolute atomic E-state index is 0.143. The van der Waals surface area contributed by atoms with E-state index in [9.17, 15) is 8.42 Å². The molecule has 0 saturated heterocycles. The van der Waals surface area contributed by atoms with Crippen LogP contribution in [-0.4, -0.2) is 28.0 Å². The zero-order valence-corrected chi connectivity index (χ0v) is 13.1. The summed E-state index contributed by atoms with van der Waals surface area (Å²) in [6, 6.07) is 6.71. The van der Waals surface area contributed by atoms with Crippen LogP contribution in [-0.2, 0) is 10.0 Å². The summed E-state index contributed by atoms with van der Waals surface area (Å²) in [6.07, 6.45) is 6.03. The van der Waals surface area contributed by atoms with Crippen molar-refractivity contribution in [3.8, 4) is 0 Å². The molecule has 4 aromatic rings. The number of hydrogen-bond acceptors (Lipinski definition) is 4. The molecule has 0 aliphatic rings. The van der Waals surface area contributed by atoms with Crippen LogP contribution < -0.4 is 4.72 Å². The highest BCUT2D eigenvalue weighted by Crippen LogP contribution is 2.26. The summed E-state index contributed by atoms with van der Waals surface area (Å²) in [6.45, 7) is 0. The Morgan fingerprint density at radius 1 is 1.26 bits per heavy atom. The van der Waals surface area contributed by atoms with E-state index < -0.39 is 10.0 Å². The SMILES string of the molecule is O=S(=O)(Nc1cnc2ccnn2c1)c1c[nH]c2cc(Cl)ccc12. The molecular formula is C14H10ClN5O2S. The molecule has 0 bridgehead atoms. The molecule has 0 amide bonds. The summed E-state index contributed by atoms with van der Waals surface area (Å²) < 4.78 is 29.2. The van der Waals surface area contributed by atoms with E-state index in [4.69, 9.17) is 11.6 Å². The zero-order chi connectivity index (χ0) is 16.0. The van der Waals surface area contributed by atoms with Gasteiger partial charge in [-0.15, -0.1) is 0 Å². The van der Waals surface area contributed by atoms with Gasteiger partial charge in [0, 0.05) is 28.2 Å². The Bertz CT molecular complexity index is 1130. The molecule has 3 aromatic heterocycles. The van der Waals surface area contributed by atoms with Crippen LogP contribution in [0.25, 0.3) is 16.6 Å². The van der Waals surface area contributed by atoms with Crippen molar-refractivity contribution in [2.45, 2.75) is 4.90 Å². The number of aromatic nitrogens is 4. The molecule has 0 saturated carbocycles. The first-order valence-corrected chi connectivity index (χ1v) is 8.48. The predicted octanol–water partition coefficient (Wildman–Crippen LogP) is 2.66. The topological polar surface area (TPSA) is 92.2 Å². The Labute approximate surface area is 136 Å². The number of nitrogens with one attached hydrogen (secondary N) is 2. The Balaban J connectivity index is 1.76. The predicted molar refractivity (Wildman–Crippen MR) is 87.1 cm³/mol. The minimum Gasteiger partial charge on any atom is -0.360 e. The van der Waals surface area contributed by atoms with Crippen LogP contribution in [0.5, 0.6) is 0 Å². The number of H-pyrrole nitrogens is 1. The van der Waals surface area contributed by atoms with E-state index in [0.717, 1.165) is 0 Å². The average molecular weight is 348 g/mol. The molecule has 116 valence electrons. The first kappa shape index (κ1) is 14.0. The Morgan fingerprint density at radius 3 is 3.00 bits per heavy atom. The quantitative estimate of drug-likeness (QED) is 0.596. The lowest BCUT2D eigenvalue weighted by atomic mass is 10.2. The third kappa shape index (κ3) is 2.41.